The Morgan fingerprint density at radius 1 is 1.12 bits per heavy atom. The van der Waals surface area contributed by atoms with E-state index < -0.39 is 10.0 Å². The number of likely N-dealkylation sites (tertiary alicyclic amines) is 1. The van der Waals surface area contributed by atoms with Crippen LogP contribution >= 0.6 is 11.3 Å². The highest BCUT2D eigenvalue weighted by molar-refractivity contribution is 7.94. The fourth-order valence-electron chi connectivity index (χ4n) is 4.46. The van der Waals surface area contributed by atoms with Gasteiger partial charge in [0.2, 0.25) is 0 Å². The van der Waals surface area contributed by atoms with Gasteiger partial charge in [-0.3, -0.25) is 9.52 Å². The molecule has 0 spiro atoms. The Morgan fingerprint density at radius 3 is 2.56 bits per heavy atom. The first-order valence-corrected chi connectivity index (χ1v) is 13.4. The molecule has 0 radical (unpaired) electrons. The topological polar surface area (TPSA) is 91.5 Å². The molecule has 1 aliphatic rings. The minimum Gasteiger partial charge on any atom is -0.497 e. The lowest BCUT2D eigenvalue weighted by Crippen LogP contribution is -2.37. The van der Waals surface area contributed by atoms with E-state index in [0.717, 1.165) is 35.4 Å². The summed E-state index contributed by atoms with van der Waals surface area (Å²) in [5.41, 5.74) is 3.33. The van der Waals surface area contributed by atoms with Crippen LogP contribution in [0.2, 0.25) is 0 Å². The number of fused-ring (bicyclic) bond motifs is 1. The zero-order valence-electron chi connectivity index (χ0n) is 18.7. The van der Waals surface area contributed by atoms with Crippen molar-refractivity contribution in [3.63, 3.8) is 0 Å². The van der Waals surface area contributed by atoms with Crippen LogP contribution in [0.3, 0.4) is 0 Å². The number of H-pyrrole nitrogens is 1. The third kappa shape index (κ3) is 4.41. The predicted octanol–water partition coefficient (Wildman–Crippen LogP) is 5.06. The molecule has 1 aliphatic heterocycles. The van der Waals surface area contributed by atoms with Crippen molar-refractivity contribution in [3.8, 4) is 5.75 Å². The highest BCUT2D eigenvalue weighted by Gasteiger charge is 2.26. The molecule has 0 unspecified atom stereocenters. The maximum atomic E-state index is 13.0. The van der Waals surface area contributed by atoms with Crippen LogP contribution in [0.15, 0.2) is 70.4 Å². The molecule has 34 heavy (non-hydrogen) atoms. The van der Waals surface area contributed by atoms with Gasteiger partial charge in [-0.2, -0.15) is 0 Å². The van der Waals surface area contributed by atoms with Gasteiger partial charge in [0, 0.05) is 41.4 Å². The van der Waals surface area contributed by atoms with Crippen LogP contribution in [-0.2, 0) is 10.0 Å². The second kappa shape index (κ2) is 9.15. The number of hydrogen-bond acceptors (Lipinski definition) is 5. The number of nitrogens with zero attached hydrogens (tertiary/aromatic N) is 1. The Labute approximate surface area is 202 Å². The van der Waals surface area contributed by atoms with Crippen molar-refractivity contribution in [2.45, 2.75) is 23.0 Å². The number of thiophene rings is 1. The maximum absolute atomic E-state index is 13.0. The number of nitrogens with one attached hydrogen (secondary N) is 2. The van der Waals surface area contributed by atoms with Gasteiger partial charge in [-0.1, -0.05) is 6.07 Å². The van der Waals surface area contributed by atoms with Crippen LogP contribution in [0.4, 0.5) is 5.69 Å². The molecule has 176 valence electrons. The van der Waals surface area contributed by atoms with Crippen molar-refractivity contribution in [2.24, 2.45) is 0 Å². The van der Waals surface area contributed by atoms with Crippen molar-refractivity contribution in [2.75, 3.05) is 24.9 Å². The van der Waals surface area contributed by atoms with Crippen LogP contribution in [0, 0.1) is 0 Å². The molecule has 0 aliphatic carbocycles. The van der Waals surface area contributed by atoms with E-state index in [1.165, 1.54) is 10.9 Å². The number of carbonyl (C=O) groups is 1. The number of carbonyl (C=O) groups excluding carboxylic acids is 1. The van der Waals surface area contributed by atoms with Crippen LogP contribution < -0.4 is 9.46 Å². The molecule has 9 heteroatoms. The minimum atomic E-state index is -3.61. The predicted molar refractivity (Wildman–Crippen MR) is 134 cm³/mol. The third-order valence-corrected chi connectivity index (χ3v) is 9.07. The van der Waals surface area contributed by atoms with Crippen LogP contribution in [0.5, 0.6) is 5.75 Å². The zero-order valence-corrected chi connectivity index (χ0v) is 20.3. The average molecular weight is 496 g/mol. The number of amides is 1. The van der Waals surface area contributed by atoms with Crippen molar-refractivity contribution >= 4 is 43.9 Å². The summed E-state index contributed by atoms with van der Waals surface area (Å²) in [6.45, 7) is 1.35. The normalized spacial score (nSPS) is 14.9. The zero-order chi connectivity index (χ0) is 23.7. The quantitative estimate of drug-likeness (QED) is 0.391. The molecular weight excluding hydrogens is 470 g/mol. The van der Waals surface area contributed by atoms with E-state index in [2.05, 4.69) is 22.0 Å². The number of methoxy groups -OCH3 is 1. The molecule has 2 N–H and O–H groups in total. The van der Waals surface area contributed by atoms with Crippen molar-refractivity contribution in [1.82, 2.24) is 9.88 Å². The molecule has 0 saturated carbocycles. The van der Waals surface area contributed by atoms with Gasteiger partial charge in [0.15, 0.2) is 0 Å². The number of aromatic nitrogens is 1. The lowest BCUT2D eigenvalue weighted by molar-refractivity contribution is 0.0713. The molecule has 1 fully saturated rings. The number of ether oxygens (including phenoxy) is 1. The Morgan fingerprint density at radius 2 is 1.88 bits per heavy atom. The number of sulfonamides is 1. The summed E-state index contributed by atoms with van der Waals surface area (Å²) in [7, 11) is -1.94. The number of rotatable bonds is 6. The molecule has 4 aromatic rings. The molecule has 0 bridgehead atoms. The molecule has 1 amide bonds. The van der Waals surface area contributed by atoms with E-state index in [1.54, 1.807) is 48.9 Å². The smallest absolute Gasteiger partial charge is 0.271 e. The summed E-state index contributed by atoms with van der Waals surface area (Å²) in [5.74, 6) is 1.17. The largest absolute Gasteiger partial charge is 0.497 e. The van der Waals surface area contributed by atoms with Gasteiger partial charge in [-0.05, 0) is 78.2 Å². The molecule has 0 atom stereocenters. The van der Waals surface area contributed by atoms with E-state index >= 15 is 0 Å². The fourth-order valence-corrected chi connectivity index (χ4v) is 6.52. The fraction of sp³-hybridized carbons (Fsp3) is 0.240. The van der Waals surface area contributed by atoms with Gasteiger partial charge in [-0.25, -0.2) is 8.42 Å². The first-order chi connectivity index (χ1) is 16.4. The van der Waals surface area contributed by atoms with Gasteiger partial charge in [0.25, 0.3) is 15.9 Å². The summed E-state index contributed by atoms with van der Waals surface area (Å²) < 4.78 is 33.0. The van der Waals surface area contributed by atoms with Crippen LogP contribution in [0.1, 0.15) is 34.7 Å². The molecule has 5 rings (SSSR count). The van der Waals surface area contributed by atoms with Crippen LogP contribution in [-0.4, -0.2) is 44.4 Å². The van der Waals surface area contributed by atoms with Crippen molar-refractivity contribution in [3.05, 3.63) is 77.3 Å². The van der Waals surface area contributed by atoms with Crippen molar-refractivity contribution < 1.29 is 17.9 Å². The Kier molecular flexibility index (Phi) is 6.05. The number of aromatic amines is 1. The van der Waals surface area contributed by atoms with E-state index in [0.29, 0.717) is 30.3 Å². The van der Waals surface area contributed by atoms with Gasteiger partial charge < -0.3 is 14.6 Å². The van der Waals surface area contributed by atoms with Crippen LogP contribution in [0.25, 0.3) is 10.9 Å². The summed E-state index contributed by atoms with van der Waals surface area (Å²) >= 11 is 1.16. The summed E-state index contributed by atoms with van der Waals surface area (Å²) in [6, 6.07) is 15.9. The van der Waals surface area contributed by atoms with Crippen molar-refractivity contribution in [1.29, 1.82) is 0 Å². The number of benzene rings is 2. The average Bonchev–Trinajstić information content (AvgIpc) is 3.54. The lowest BCUT2D eigenvalue weighted by atomic mass is 9.89. The first-order valence-electron chi connectivity index (χ1n) is 11.1. The second-order valence-electron chi connectivity index (χ2n) is 8.34. The Hall–Kier alpha value is -3.30. The maximum Gasteiger partial charge on any atom is 0.271 e. The van der Waals surface area contributed by atoms with E-state index in [9.17, 15) is 13.2 Å². The number of piperidine rings is 1. The molecular formula is C25H25N3O4S2. The molecule has 1 saturated heterocycles. The van der Waals surface area contributed by atoms with E-state index in [1.807, 2.05) is 17.0 Å². The van der Waals surface area contributed by atoms with Gasteiger partial charge in [0.1, 0.15) is 9.96 Å². The highest BCUT2D eigenvalue weighted by atomic mass is 32.2. The van der Waals surface area contributed by atoms with E-state index in [-0.39, 0.29) is 10.1 Å². The summed E-state index contributed by atoms with van der Waals surface area (Å²) in [5, 5.41) is 2.89. The number of hydrogen-bond donors (Lipinski definition) is 2. The summed E-state index contributed by atoms with van der Waals surface area (Å²) in [4.78, 5) is 18.3. The standard InChI is InChI=1S/C25H25N3O4S2/c1-32-20-8-9-23-21(15-20)22(16-26-23)17-10-12-28(13-11-17)25(29)18-4-6-19(7-5-18)27-34(30,31)24-3-2-14-33-24/h2-9,14-17,26-27H,10-13H2,1H3. The molecule has 7 nitrogen and oxygen atoms in total. The third-order valence-electron chi connectivity index (χ3n) is 6.29. The molecule has 2 aromatic heterocycles. The summed E-state index contributed by atoms with van der Waals surface area (Å²) in [6.07, 6.45) is 3.84. The Bertz CT molecular complexity index is 1400. The monoisotopic (exact) mass is 495 g/mol. The Balaban J connectivity index is 1.23. The minimum absolute atomic E-state index is 0.0355. The molecule has 2 aromatic carbocycles. The first kappa shape index (κ1) is 22.5. The highest BCUT2D eigenvalue weighted by Crippen LogP contribution is 2.35. The lowest BCUT2D eigenvalue weighted by Gasteiger charge is -2.32. The van der Waals surface area contributed by atoms with Gasteiger partial charge >= 0.3 is 0 Å². The molecule has 3 heterocycles. The SMILES string of the molecule is COc1ccc2[nH]cc(C3CCN(C(=O)c4ccc(NS(=O)(=O)c5cccs5)cc4)CC3)c2c1. The van der Waals surface area contributed by atoms with E-state index in [4.69, 9.17) is 4.74 Å². The number of anilines is 1. The second-order valence-corrected chi connectivity index (χ2v) is 11.2. The van der Waals surface area contributed by atoms with Gasteiger partial charge in [0.05, 0.1) is 7.11 Å². The van der Waals surface area contributed by atoms with Gasteiger partial charge in [-0.15, -0.1) is 11.3 Å².